The van der Waals surface area contributed by atoms with Crippen molar-refractivity contribution in [2.75, 3.05) is 0 Å². The van der Waals surface area contributed by atoms with E-state index in [4.69, 9.17) is 10.5 Å². The molecule has 3 rings (SSSR count). The molecule has 104 valence electrons. The van der Waals surface area contributed by atoms with E-state index in [0.717, 1.165) is 23.5 Å². The quantitative estimate of drug-likeness (QED) is 0.892. The van der Waals surface area contributed by atoms with Crippen molar-refractivity contribution in [1.29, 1.82) is 0 Å². The SMILES string of the molecule is CC[C@H](N)c1ccccc1Oc1ccc2c(c1)CCC2. The van der Waals surface area contributed by atoms with Crippen molar-refractivity contribution in [2.45, 2.75) is 38.6 Å². The number of nitrogens with two attached hydrogens (primary N) is 1. The zero-order valence-electron chi connectivity index (χ0n) is 11.9. The number of rotatable bonds is 4. The normalized spacial score (nSPS) is 14.9. The van der Waals surface area contributed by atoms with Crippen molar-refractivity contribution >= 4 is 0 Å². The maximum absolute atomic E-state index is 6.16. The first-order chi connectivity index (χ1) is 9.78. The summed E-state index contributed by atoms with van der Waals surface area (Å²) in [4.78, 5) is 0. The summed E-state index contributed by atoms with van der Waals surface area (Å²) >= 11 is 0. The van der Waals surface area contributed by atoms with Crippen LogP contribution in [0.5, 0.6) is 11.5 Å². The molecule has 2 heteroatoms. The molecule has 0 saturated carbocycles. The van der Waals surface area contributed by atoms with Crippen LogP contribution in [0.3, 0.4) is 0 Å². The lowest BCUT2D eigenvalue weighted by atomic mass is 10.0. The van der Waals surface area contributed by atoms with Crippen LogP contribution < -0.4 is 10.5 Å². The van der Waals surface area contributed by atoms with Crippen LogP contribution in [0.1, 0.15) is 42.5 Å². The van der Waals surface area contributed by atoms with Crippen molar-refractivity contribution < 1.29 is 4.74 Å². The van der Waals surface area contributed by atoms with E-state index in [1.54, 1.807) is 0 Å². The zero-order chi connectivity index (χ0) is 13.9. The lowest BCUT2D eigenvalue weighted by Crippen LogP contribution is -2.09. The fourth-order valence-corrected chi connectivity index (χ4v) is 2.84. The Balaban J connectivity index is 1.88. The average Bonchev–Trinajstić information content (AvgIpc) is 2.94. The number of hydrogen-bond donors (Lipinski definition) is 1. The van der Waals surface area contributed by atoms with Crippen LogP contribution in [0, 0.1) is 0 Å². The highest BCUT2D eigenvalue weighted by Crippen LogP contribution is 2.32. The maximum Gasteiger partial charge on any atom is 0.132 e. The van der Waals surface area contributed by atoms with E-state index in [9.17, 15) is 0 Å². The third-order valence-electron chi connectivity index (χ3n) is 4.06. The van der Waals surface area contributed by atoms with Crippen LogP contribution in [-0.2, 0) is 12.8 Å². The van der Waals surface area contributed by atoms with Crippen molar-refractivity contribution in [1.82, 2.24) is 0 Å². The first-order valence-electron chi connectivity index (χ1n) is 7.42. The van der Waals surface area contributed by atoms with Crippen molar-refractivity contribution in [3.63, 3.8) is 0 Å². The van der Waals surface area contributed by atoms with Gasteiger partial charge in [-0.25, -0.2) is 0 Å². The summed E-state index contributed by atoms with van der Waals surface area (Å²) in [5.74, 6) is 1.79. The molecule has 1 aliphatic carbocycles. The van der Waals surface area contributed by atoms with Gasteiger partial charge in [0.25, 0.3) is 0 Å². The number of fused-ring (bicyclic) bond motifs is 1. The summed E-state index contributed by atoms with van der Waals surface area (Å²) in [5.41, 5.74) is 10.1. The Bertz CT molecular complexity index is 606. The van der Waals surface area contributed by atoms with Gasteiger partial charge in [0.15, 0.2) is 0 Å². The van der Waals surface area contributed by atoms with Gasteiger partial charge in [0.05, 0.1) is 0 Å². The van der Waals surface area contributed by atoms with Crippen LogP contribution in [0.2, 0.25) is 0 Å². The fourth-order valence-electron chi connectivity index (χ4n) is 2.84. The zero-order valence-corrected chi connectivity index (χ0v) is 11.9. The summed E-state index contributed by atoms with van der Waals surface area (Å²) in [7, 11) is 0. The summed E-state index contributed by atoms with van der Waals surface area (Å²) < 4.78 is 6.08. The molecule has 1 aliphatic rings. The first kappa shape index (κ1) is 13.2. The molecule has 0 amide bonds. The van der Waals surface area contributed by atoms with Gasteiger partial charge >= 0.3 is 0 Å². The molecule has 0 spiro atoms. The average molecular weight is 267 g/mol. The number of hydrogen-bond acceptors (Lipinski definition) is 2. The highest BCUT2D eigenvalue weighted by Gasteiger charge is 2.14. The van der Waals surface area contributed by atoms with Crippen LogP contribution in [0.4, 0.5) is 0 Å². The molecule has 0 heterocycles. The lowest BCUT2D eigenvalue weighted by molar-refractivity contribution is 0.468. The molecule has 0 aromatic heterocycles. The Morgan fingerprint density at radius 3 is 2.75 bits per heavy atom. The van der Waals surface area contributed by atoms with Crippen molar-refractivity contribution in [3.05, 3.63) is 59.2 Å². The van der Waals surface area contributed by atoms with Gasteiger partial charge in [-0.2, -0.15) is 0 Å². The Morgan fingerprint density at radius 1 is 1.10 bits per heavy atom. The minimum absolute atomic E-state index is 0.0284. The second kappa shape index (κ2) is 5.68. The number of aryl methyl sites for hydroxylation is 2. The summed E-state index contributed by atoms with van der Waals surface area (Å²) in [6.45, 7) is 2.09. The minimum Gasteiger partial charge on any atom is -0.457 e. The number of ether oxygens (including phenoxy) is 1. The Kier molecular flexibility index (Phi) is 3.75. The van der Waals surface area contributed by atoms with Gasteiger partial charge in [0, 0.05) is 11.6 Å². The molecule has 2 aromatic carbocycles. The van der Waals surface area contributed by atoms with Gasteiger partial charge in [-0.1, -0.05) is 31.2 Å². The minimum atomic E-state index is 0.0284. The molecule has 0 fully saturated rings. The van der Waals surface area contributed by atoms with E-state index < -0.39 is 0 Å². The van der Waals surface area contributed by atoms with Gasteiger partial charge in [-0.05, 0) is 55.0 Å². The highest BCUT2D eigenvalue weighted by atomic mass is 16.5. The molecular weight excluding hydrogens is 246 g/mol. The summed E-state index contributed by atoms with van der Waals surface area (Å²) in [5, 5.41) is 0. The first-order valence-corrected chi connectivity index (χ1v) is 7.42. The predicted molar refractivity (Wildman–Crippen MR) is 82.2 cm³/mol. The van der Waals surface area contributed by atoms with E-state index in [0.29, 0.717) is 0 Å². The molecule has 0 unspecified atom stereocenters. The number of benzene rings is 2. The fraction of sp³-hybridized carbons (Fsp3) is 0.333. The van der Waals surface area contributed by atoms with E-state index in [1.807, 2.05) is 18.2 Å². The monoisotopic (exact) mass is 267 g/mol. The Hall–Kier alpha value is -1.80. The third-order valence-corrected chi connectivity index (χ3v) is 4.06. The van der Waals surface area contributed by atoms with Gasteiger partial charge in [0.1, 0.15) is 11.5 Å². The summed E-state index contributed by atoms with van der Waals surface area (Å²) in [6.07, 6.45) is 4.54. The van der Waals surface area contributed by atoms with Crippen LogP contribution in [0.25, 0.3) is 0 Å². The Morgan fingerprint density at radius 2 is 1.90 bits per heavy atom. The van der Waals surface area contributed by atoms with E-state index in [1.165, 1.54) is 30.4 Å². The van der Waals surface area contributed by atoms with Crippen molar-refractivity contribution in [3.8, 4) is 11.5 Å². The molecule has 0 bridgehead atoms. The van der Waals surface area contributed by atoms with E-state index in [2.05, 4.69) is 31.2 Å². The molecule has 1 atom stereocenters. The topological polar surface area (TPSA) is 35.2 Å². The Labute approximate surface area is 120 Å². The maximum atomic E-state index is 6.16. The molecule has 2 N–H and O–H groups in total. The smallest absolute Gasteiger partial charge is 0.132 e. The van der Waals surface area contributed by atoms with E-state index in [-0.39, 0.29) is 6.04 Å². The van der Waals surface area contributed by atoms with Gasteiger partial charge in [-0.3, -0.25) is 0 Å². The second-order valence-electron chi connectivity index (χ2n) is 5.44. The van der Waals surface area contributed by atoms with Crippen LogP contribution in [-0.4, -0.2) is 0 Å². The molecule has 0 aliphatic heterocycles. The van der Waals surface area contributed by atoms with Gasteiger partial charge in [0.2, 0.25) is 0 Å². The van der Waals surface area contributed by atoms with Gasteiger partial charge in [-0.15, -0.1) is 0 Å². The van der Waals surface area contributed by atoms with Gasteiger partial charge < -0.3 is 10.5 Å². The molecule has 2 nitrogen and oxygen atoms in total. The molecule has 20 heavy (non-hydrogen) atoms. The predicted octanol–water partition coefficient (Wildman–Crippen LogP) is 4.38. The van der Waals surface area contributed by atoms with E-state index >= 15 is 0 Å². The molecular formula is C18H21NO. The number of para-hydroxylation sites is 1. The molecule has 0 saturated heterocycles. The third kappa shape index (κ3) is 2.56. The summed E-state index contributed by atoms with van der Waals surface area (Å²) in [6, 6.07) is 14.5. The molecule has 0 radical (unpaired) electrons. The van der Waals surface area contributed by atoms with Crippen LogP contribution >= 0.6 is 0 Å². The van der Waals surface area contributed by atoms with Crippen LogP contribution in [0.15, 0.2) is 42.5 Å². The standard InChI is InChI=1S/C18H21NO/c1-2-17(19)16-8-3-4-9-18(16)20-15-11-10-13-6-5-7-14(13)12-15/h3-4,8-12,17H,2,5-7,19H2,1H3/t17-/m0/s1. The largest absolute Gasteiger partial charge is 0.457 e. The highest BCUT2D eigenvalue weighted by molar-refractivity contribution is 5.43. The lowest BCUT2D eigenvalue weighted by Gasteiger charge is -2.16. The van der Waals surface area contributed by atoms with Crippen molar-refractivity contribution in [2.24, 2.45) is 5.73 Å². The second-order valence-corrected chi connectivity index (χ2v) is 5.44. The molecule has 2 aromatic rings.